The predicted octanol–water partition coefficient (Wildman–Crippen LogP) is 4.05. The standard InChI is InChI=1S/C12H10O.C2H2Cl2O/c13-12-8-6-11(7-9-12)10-4-2-1-3-5-10;3-1-2(4)5/h1-9,13H;1H2. The van der Waals surface area contributed by atoms with Crippen molar-refractivity contribution in [3.8, 4) is 16.9 Å². The average molecular weight is 283 g/mol. The van der Waals surface area contributed by atoms with Gasteiger partial charge in [-0.3, -0.25) is 4.79 Å². The Morgan fingerprint density at radius 1 is 0.944 bits per heavy atom. The molecule has 0 fully saturated rings. The number of phenolic OH excluding ortho intramolecular Hbond substituents is 1. The average Bonchev–Trinajstić information content (AvgIpc) is 2.41. The Labute approximate surface area is 116 Å². The molecular formula is C14H12Cl2O2. The maximum Gasteiger partial charge on any atom is 0.236 e. The Morgan fingerprint density at radius 3 is 1.83 bits per heavy atom. The molecule has 2 aromatic rings. The highest BCUT2D eigenvalue weighted by atomic mass is 35.5. The van der Waals surface area contributed by atoms with E-state index in [1.165, 1.54) is 5.56 Å². The van der Waals surface area contributed by atoms with Gasteiger partial charge in [-0.05, 0) is 34.9 Å². The van der Waals surface area contributed by atoms with Crippen LogP contribution in [0.3, 0.4) is 0 Å². The van der Waals surface area contributed by atoms with Crippen LogP contribution in [-0.4, -0.2) is 16.2 Å². The first kappa shape index (κ1) is 14.6. The van der Waals surface area contributed by atoms with Crippen molar-refractivity contribution in [3.63, 3.8) is 0 Å². The van der Waals surface area contributed by atoms with E-state index in [0.717, 1.165) is 5.56 Å². The van der Waals surface area contributed by atoms with Crippen molar-refractivity contribution in [2.75, 3.05) is 5.88 Å². The van der Waals surface area contributed by atoms with Gasteiger partial charge in [0.15, 0.2) is 0 Å². The molecule has 18 heavy (non-hydrogen) atoms. The molecule has 0 spiro atoms. The molecule has 0 amide bonds. The highest BCUT2D eigenvalue weighted by molar-refractivity contribution is 6.67. The van der Waals surface area contributed by atoms with Gasteiger partial charge in [0, 0.05) is 0 Å². The Kier molecular flexibility index (Phi) is 6.26. The molecule has 0 atom stereocenters. The zero-order valence-corrected chi connectivity index (χ0v) is 11.0. The maximum absolute atomic E-state index is 9.45. The van der Waals surface area contributed by atoms with Crippen molar-refractivity contribution in [3.05, 3.63) is 54.6 Å². The molecule has 0 saturated carbocycles. The second kappa shape index (κ2) is 7.75. The Bertz CT molecular complexity index is 481. The minimum Gasteiger partial charge on any atom is -0.508 e. The normalized spacial score (nSPS) is 9.22. The molecule has 2 rings (SSSR count). The first-order valence-electron chi connectivity index (χ1n) is 5.22. The lowest BCUT2D eigenvalue weighted by Gasteiger charge is -2.00. The van der Waals surface area contributed by atoms with E-state index in [1.54, 1.807) is 12.1 Å². The SMILES string of the molecule is O=C(Cl)CCl.Oc1ccc(-c2ccccc2)cc1. The quantitative estimate of drug-likeness (QED) is 0.667. The van der Waals surface area contributed by atoms with Gasteiger partial charge in [-0.15, -0.1) is 11.6 Å². The van der Waals surface area contributed by atoms with E-state index in [4.69, 9.17) is 28.3 Å². The van der Waals surface area contributed by atoms with Gasteiger partial charge in [0.2, 0.25) is 5.24 Å². The highest BCUT2D eigenvalue weighted by Gasteiger charge is 1.94. The highest BCUT2D eigenvalue weighted by Crippen LogP contribution is 2.20. The van der Waals surface area contributed by atoms with Crippen LogP contribution in [0, 0.1) is 0 Å². The molecule has 2 nitrogen and oxygen atoms in total. The van der Waals surface area contributed by atoms with E-state index in [-0.39, 0.29) is 5.88 Å². The van der Waals surface area contributed by atoms with Gasteiger partial charge in [0.25, 0.3) is 0 Å². The molecule has 94 valence electrons. The van der Waals surface area contributed by atoms with Crippen molar-refractivity contribution < 1.29 is 9.90 Å². The van der Waals surface area contributed by atoms with Crippen LogP contribution in [0.25, 0.3) is 11.1 Å². The number of halogens is 2. The number of phenols is 1. The summed E-state index contributed by atoms with van der Waals surface area (Å²) in [5.74, 6) is 0.210. The molecular weight excluding hydrogens is 271 g/mol. The Morgan fingerprint density at radius 2 is 1.39 bits per heavy atom. The summed E-state index contributed by atoms with van der Waals surface area (Å²) in [5.41, 5.74) is 2.29. The van der Waals surface area contributed by atoms with E-state index < -0.39 is 5.24 Å². The molecule has 2 aromatic carbocycles. The van der Waals surface area contributed by atoms with Gasteiger partial charge >= 0.3 is 0 Å². The summed E-state index contributed by atoms with van der Waals surface area (Å²) in [4.78, 5) is 9.45. The summed E-state index contributed by atoms with van der Waals surface area (Å²) < 4.78 is 0. The molecule has 0 aliphatic heterocycles. The molecule has 0 aromatic heterocycles. The number of hydrogen-bond donors (Lipinski definition) is 1. The summed E-state index contributed by atoms with van der Waals surface area (Å²) in [5, 5.41) is 8.60. The minimum atomic E-state index is -0.508. The lowest BCUT2D eigenvalue weighted by molar-refractivity contribution is -0.109. The topological polar surface area (TPSA) is 37.3 Å². The third kappa shape index (κ3) is 5.21. The molecule has 0 bridgehead atoms. The van der Waals surface area contributed by atoms with Crippen LogP contribution in [-0.2, 0) is 4.79 Å². The zero-order valence-electron chi connectivity index (χ0n) is 9.51. The van der Waals surface area contributed by atoms with Crippen LogP contribution in [0.15, 0.2) is 54.6 Å². The van der Waals surface area contributed by atoms with Crippen LogP contribution >= 0.6 is 23.2 Å². The van der Waals surface area contributed by atoms with Gasteiger partial charge < -0.3 is 5.11 Å². The zero-order chi connectivity index (χ0) is 13.4. The third-order valence-corrected chi connectivity index (χ3v) is 2.59. The number of carbonyl (C=O) groups excluding carboxylic acids is 1. The van der Waals surface area contributed by atoms with Crippen molar-refractivity contribution in [2.24, 2.45) is 0 Å². The largest absolute Gasteiger partial charge is 0.508 e. The lowest BCUT2D eigenvalue weighted by atomic mass is 10.1. The van der Waals surface area contributed by atoms with E-state index in [2.05, 4.69) is 0 Å². The number of benzene rings is 2. The van der Waals surface area contributed by atoms with E-state index in [0.29, 0.717) is 5.75 Å². The minimum absolute atomic E-state index is 0.0957. The number of alkyl halides is 1. The fraction of sp³-hybridized carbons (Fsp3) is 0.0714. The van der Waals surface area contributed by atoms with Crippen LogP contribution in [0.4, 0.5) is 0 Å². The van der Waals surface area contributed by atoms with Crippen molar-refractivity contribution in [1.82, 2.24) is 0 Å². The van der Waals surface area contributed by atoms with Crippen molar-refractivity contribution in [1.29, 1.82) is 0 Å². The second-order valence-electron chi connectivity index (χ2n) is 3.40. The number of aromatic hydroxyl groups is 1. The molecule has 0 heterocycles. The summed E-state index contributed by atoms with van der Waals surface area (Å²) >= 11 is 9.55. The van der Waals surface area contributed by atoms with Gasteiger partial charge in [-0.1, -0.05) is 42.5 Å². The molecule has 0 radical (unpaired) electrons. The second-order valence-corrected chi connectivity index (χ2v) is 4.09. The summed E-state index contributed by atoms with van der Waals surface area (Å²) in [6.45, 7) is 0. The van der Waals surface area contributed by atoms with Crippen molar-refractivity contribution >= 4 is 28.4 Å². The third-order valence-electron chi connectivity index (χ3n) is 2.08. The molecule has 1 N–H and O–H groups in total. The molecule has 0 saturated heterocycles. The monoisotopic (exact) mass is 282 g/mol. The molecule has 0 aliphatic carbocycles. The number of carbonyl (C=O) groups is 1. The first-order chi connectivity index (χ1) is 8.63. The maximum atomic E-state index is 9.45. The van der Waals surface area contributed by atoms with Crippen LogP contribution < -0.4 is 0 Å². The van der Waals surface area contributed by atoms with Gasteiger partial charge in [-0.2, -0.15) is 0 Å². The lowest BCUT2D eigenvalue weighted by Crippen LogP contribution is -1.81. The number of rotatable bonds is 2. The number of hydrogen-bond acceptors (Lipinski definition) is 2. The van der Waals surface area contributed by atoms with E-state index >= 15 is 0 Å². The molecule has 0 aliphatic rings. The Balaban J connectivity index is 0.000000280. The molecule has 4 heteroatoms. The fourth-order valence-electron chi connectivity index (χ4n) is 1.28. The van der Waals surface area contributed by atoms with E-state index in [1.807, 2.05) is 42.5 Å². The fourth-order valence-corrected chi connectivity index (χ4v) is 1.28. The van der Waals surface area contributed by atoms with Gasteiger partial charge in [0.1, 0.15) is 5.75 Å². The van der Waals surface area contributed by atoms with Gasteiger partial charge in [0.05, 0.1) is 5.88 Å². The summed E-state index contributed by atoms with van der Waals surface area (Å²) in [6.07, 6.45) is 0. The van der Waals surface area contributed by atoms with Crippen LogP contribution in [0.5, 0.6) is 5.75 Å². The Hall–Kier alpha value is -1.51. The molecule has 0 unspecified atom stereocenters. The van der Waals surface area contributed by atoms with Gasteiger partial charge in [-0.25, -0.2) is 0 Å². The smallest absolute Gasteiger partial charge is 0.236 e. The summed E-state index contributed by atoms with van der Waals surface area (Å²) in [6, 6.07) is 17.3. The van der Waals surface area contributed by atoms with Crippen LogP contribution in [0.1, 0.15) is 0 Å². The first-order valence-corrected chi connectivity index (χ1v) is 6.13. The van der Waals surface area contributed by atoms with Crippen LogP contribution in [0.2, 0.25) is 0 Å². The summed E-state index contributed by atoms with van der Waals surface area (Å²) in [7, 11) is 0. The van der Waals surface area contributed by atoms with E-state index in [9.17, 15) is 4.79 Å². The predicted molar refractivity (Wildman–Crippen MR) is 75.1 cm³/mol. The van der Waals surface area contributed by atoms with Crippen molar-refractivity contribution in [2.45, 2.75) is 0 Å².